The predicted octanol–water partition coefficient (Wildman–Crippen LogP) is 3.75. The van der Waals surface area contributed by atoms with Crippen LogP contribution in [0.25, 0.3) is 11.3 Å². The number of aromatic nitrogens is 2. The van der Waals surface area contributed by atoms with Crippen LogP contribution in [0.1, 0.15) is 41.4 Å². The number of hydrogen-bond acceptors (Lipinski definition) is 7. The van der Waals surface area contributed by atoms with E-state index in [0.29, 0.717) is 17.7 Å². The second kappa shape index (κ2) is 10.1. The molecule has 1 saturated heterocycles. The lowest BCUT2D eigenvalue weighted by Gasteiger charge is -2.38. The number of nitrogens with one attached hydrogen (secondary N) is 1. The summed E-state index contributed by atoms with van der Waals surface area (Å²) >= 11 is 0. The molecule has 0 bridgehead atoms. The van der Waals surface area contributed by atoms with Crippen LogP contribution in [0.4, 0.5) is 18.9 Å². The van der Waals surface area contributed by atoms with Crippen LogP contribution < -0.4 is 15.8 Å². The fourth-order valence-corrected chi connectivity index (χ4v) is 4.59. The number of aliphatic hydroxyl groups excluding tert-OH is 1. The van der Waals surface area contributed by atoms with Gasteiger partial charge in [-0.05, 0) is 43.4 Å². The van der Waals surface area contributed by atoms with Crippen molar-refractivity contribution in [2.45, 2.75) is 43.6 Å². The Labute approximate surface area is 210 Å². The summed E-state index contributed by atoms with van der Waals surface area (Å²) in [5.74, 6) is -3.77. The Kier molecular flexibility index (Phi) is 6.84. The number of hydrogen-bond donors (Lipinski definition) is 3. The first-order valence-corrected chi connectivity index (χ1v) is 11.8. The van der Waals surface area contributed by atoms with Gasteiger partial charge in [-0.1, -0.05) is 0 Å². The predicted molar refractivity (Wildman–Crippen MR) is 127 cm³/mol. The van der Waals surface area contributed by atoms with Crippen LogP contribution >= 0.6 is 0 Å². The van der Waals surface area contributed by atoms with Crippen molar-refractivity contribution in [3.05, 3.63) is 71.4 Å². The second-order valence-corrected chi connectivity index (χ2v) is 9.23. The molecule has 1 aromatic carbocycles. The summed E-state index contributed by atoms with van der Waals surface area (Å²) in [6, 6.07) is 4.99. The van der Waals surface area contributed by atoms with Gasteiger partial charge in [-0.2, -0.15) is 0 Å². The molecule has 4 atom stereocenters. The number of carbonyl (C=O) groups is 1. The molecule has 0 spiro atoms. The Balaban J connectivity index is 1.42. The highest BCUT2D eigenvalue weighted by Crippen LogP contribution is 2.43. The van der Waals surface area contributed by atoms with Crippen LogP contribution in [0.3, 0.4) is 0 Å². The smallest absolute Gasteiger partial charge is 0.274 e. The van der Waals surface area contributed by atoms with Gasteiger partial charge in [0.25, 0.3) is 5.91 Å². The number of rotatable bonds is 6. The Morgan fingerprint density at radius 1 is 1.16 bits per heavy atom. The van der Waals surface area contributed by atoms with Crippen molar-refractivity contribution in [1.29, 1.82) is 0 Å². The highest BCUT2D eigenvalue weighted by Gasteiger charge is 2.45. The van der Waals surface area contributed by atoms with Crippen molar-refractivity contribution in [1.82, 2.24) is 9.97 Å². The molecule has 2 fully saturated rings. The molecule has 37 heavy (non-hydrogen) atoms. The number of halogens is 3. The van der Waals surface area contributed by atoms with Gasteiger partial charge in [0.2, 0.25) is 0 Å². The molecule has 1 saturated carbocycles. The lowest BCUT2D eigenvalue weighted by Crippen LogP contribution is -2.50. The van der Waals surface area contributed by atoms with Crippen LogP contribution in [0.2, 0.25) is 0 Å². The van der Waals surface area contributed by atoms with Crippen LogP contribution in [0, 0.1) is 23.4 Å². The van der Waals surface area contributed by atoms with E-state index in [1.165, 1.54) is 13.3 Å². The van der Waals surface area contributed by atoms with Gasteiger partial charge in [-0.25, -0.2) is 18.2 Å². The summed E-state index contributed by atoms with van der Waals surface area (Å²) in [7, 11) is 1.24. The van der Waals surface area contributed by atoms with E-state index in [9.17, 15) is 23.1 Å². The second-order valence-electron chi connectivity index (χ2n) is 9.23. The number of anilines is 1. The summed E-state index contributed by atoms with van der Waals surface area (Å²) < 4.78 is 54.7. The maximum absolute atomic E-state index is 14.6. The van der Waals surface area contributed by atoms with Crippen molar-refractivity contribution < 1.29 is 32.5 Å². The lowest BCUT2D eigenvalue weighted by atomic mass is 9.90. The molecule has 1 aliphatic carbocycles. The quantitative estimate of drug-likeness (QED) is 0.458. The number of nitrogens with zero attached hydrogens (tertiary/aromatic N) is 2. The van der Waals surface area contributed by atoms with E-state index in [1.807, 2.05) is 0 Å². The van der Waals surface area contributed by atoms with Crippen molar-refractivity contribution >= 4 is 11.6 Å². The van der Waals surface area contributed by atoms with Gasteiger partial charge in [0.15, 0.2) is 0 Å². The summed E-state index contributed by atoms with van der Waals surface area (Å²) in [6.07, 6.45) is 3.52. The first kappa shape index (κ1) is 25.1. The molecule has 194 valence electrons. The van der Waals surface area contributed by atoms with Crippen molar-refractivity contribution in [2.24, 2.45) is 11.7 Å². The fraction of sp³-hybridized carbons (Fsp3) is 0.346. The zero-order chi connectivity index (χ0) is 26.3. The average Bonchev–Trinajstić information content (AvgIpc) is 3.72. The molecule has 2 aromatic heterocycles. The average molecular weight is 515 g/mol. The molecule has 0 radical (unpaired) electrons. The standard InChI is InChI=1S/C26H25F3N4O4/c1-36-13-8-16(28)22(17(29)9-13)23-15(27)4-5-19(32-23)26(35)33-20-11-31-7-6-14(20)21-10-18(30)24(34)25(37-21)12-2-3-12/h4-9,11-12,18,21,24-25,34H,2-3,10,30H2,1H3,(H,33,35)/t18-,21-,24+,25-/m0/s1. The monoisotopic (exact) mass is 514 g/mol. The molecular formula is C26H25F3N4O4. The van der Waals surface area contributed by atoms with Gasteiger partial charge in [-0.3, -0.25) is 9.78 Å². The number of nitrogens with two attached hydrogens (primary N) is 1. The zero-order valence-electron chi connectivity index (χ0n) is 19.8. The van der Waals surface area contributed by atoms with Gasteiger partial charge in [0.05, 0.1) is 42.9 Å². The molecular weight excluding hydrogens is 489 g/mol. The summed E-state index contributed by atoms with van der Waals surface area (Å²) in [5, 5.41) is 13.1. The maximum atomic E-state index is 14.6. The van der Waals surface area contributed by atoms with E-state index in [4.69, 9.17) is 15.2 Å². The van der Waals surface area contributed by atoms with E-state index >= 15 is 0 Å². The Morgan fingerprint density at radius 2 is 1.89 bits per heavy atom. The number of benzene rings is 1. The minimum atomic E-state index is -1.09. The third-order valence-corrected chi connectivity index (χ3v) is 6.69. The van der Waals surface area contributed by atoms with E-state index in [-0.39, 0.29) is 17.4 Å². The van der Waals surface area contributed by atoms with Gasteiger partial charge in [0.1, 0.15) is 34.6 Å². The lowest BCUT2D eigenvalue weighted by molar-refractivity contribution is -0.136. The van der Waals surface area contributed by atoms with Crippen molar-refractivity contribution in [2.75, 3.05) is 12.4 Å². The third-order valence-electron chi connectivity index (χ3n) is 6.69. The first-order valence-electron chi connectivity index (χ1n) is 11.8. The summed E-state index contributed by atoms with van der Waals surface area (Å²) in [5.41, 5.74) is 5.46. The van der Waals surface area contributed by atoms with Crippen LogP contribution in [-0.4, -0.2) is 46.3 Å². The molecule has 3 heterocycles. The number of aliphatic hydroxyl groups is 1. The van der Waals surface area contributed by atoms with E-state index in [1.54, 1.807) is 12.3 Å². The van der Waals surface area contributed by atoms with Crippen molar-refractivity contribution in [3.63, 3.8) is 0 Å². The maximum Gasteiger partial charge on any atom is 0.274 e. The zero-order valence-corrected chi connectivity index (χ0v) is 19.8. The third kappa shape index (κ3) is 5.02. The Bertz CT molecular complexity index is 1310. The minimum absolute atomic E-state index is 0.0849. The van der Waals surface area contributed by atoms with Gasteiger partial charge >= 0.3 is 0 Å². The van der Waals surface area contributed by atoms with Crippen LogP contribution in [0.15, 0.2) is 42.7 Å². The van der Waals surface area contributed by atoms with Gasteiger partial charge < -0.3 is 25.6 Å². The summed E-state index contributed by atoms with van der Waals surface area (Å²) in [4.78, 5) is 21.1. The van der Waals surface area contributed by atoms with Crippen LogP contribution in [-0.2, 0) is 4.74 Å². The molecule has 1 amide bonds. The summed E-state index contributed by atoms with van der Waals surface area (Å²) in [6.45, 7) is 0. The SMILES string of the molecule is COc1cc(F)c(-c2nc(C(=O)Nc3cnccc3[C@@H]3C[C@H](N)[C@@H](O)[C@H](C4CC4)O3)ccc2F)c(F)c1. The fourth-order valence-electron chi connectivity index (χ4n) is 4.59. The Morgan fingerprint density at radius 3 is 2.57 bits per heavy atom. The number of ether oxygens (including phenoxy) is 2. The normalized spacial score (nSPS) is 23.5. The number of methoxy groups -OCH3 is 1. The first-order chi connectivity index (χ1) is 17.8. The molecule has 3 aromatic rings. The minimum Gasteiger partial charge on any atom is -0.497 e. The molecule has 11 heteroatoms. The molecule has 1 aliphatic heterocycles. The largest absolute Gasteiger partial charge is 0.497 e. The van der Waals surface area contributed by atoms with Crippen molar-refractivity contribution in [3.8, 4) is 17.0 Å². The molecule has 2 aliphatic rings. The molecule has 5 rings (SSSR count). The van der Waals surface area contributed by atoms with Gasteiger partial charge in [0, 0.05) is 29.9 Å². The van der Waals surface area contributed by atoms with Gasteiger partial charge in [-0.15, -0.1) is 0 Å². The molecule has 4 N–H and O–H groups in total. The van der Waals surface area contributed by atoms with E-state index in [2.05, 4.69) is 15.3 Å². The van der Waals surface area contributed by atoms with E-state index in [0.717, 1.165) is 37.1 Å². The molecule has 8 nitrogen and oxygen atoms in total. The number of carbonyl (C=O) groups excluding carboxylic acids is 1. The highest BCUT2D eigenvalue weighted by molar-refractivity contribution is 6.03. The Hall–Kier alpha value is -3.54. The van der Waals surface area contributed by atoms with Crippen LogP contribution in [0.5, 0.6) is 5.75 Å². The number of pyridine rings is 2. The molecule has 0 unspecified atom stereocenters. The highest BCUT2D eigenvalue weighted by atomic mass is 19.1. The number of amides is 1. The topological polar surface area (TPSA) is 120 Å². The van der Waals surface area contributed by atoms with E-state index < -0.39 is 59.0 Å².